The first kappa shape index (κ1) is 18.1. The maximum Gasteiger partial charge on any atom is 0.339 e. The summed E-state index contributed by atoms with van der Waals surface area (Å²) in [7, 11) is 0. The number of likely N-dealkylation sites (tertiary alicyclic amines) is 1. The second-order valence-electron chi connectivity index (χ2n) is 8.82. The summed E-state index contributed by atoms with van der Waals surface area (Å²) in [6, 6.07) is 23.5. The molecule has 0 saturated carbocycles. The molecule has 2 fully saturated rings. The largest absolute Gasteiger partial charge is 0.625 e. The molecule has 1 spiro atoms. The normalized spacial score (nSPS) is 25.5. The van der Waals surface area contributed by atoms with E-state index >= 15 is 0 Å². The number of hydroxylamine groups is 2. The van der Waals surface area contributed by atoms with Crippen LogP contribution in [0.25, 0.3) is 10.8 Å². The van der Waals surface area contributed by atoms with Crippen LogP contribution in [0.4, 0.5) is 5.69 Å². The number of carbonyl (C=O) groups is 1. The molecule has 0 bridgehead atoms. The maximum atomic E-state index is 13.0. The zero-order chi connectivity index (χ0) is 20.3. The third-order valence-electron chi connectivity index (χ3n) is 7.42. The lowest BCUT2D eigenvalue weighted by molar-refractivity contribution is -0.754. The number of hydrogen-bond acceptors (Lipinski definition) is 4. The Kier molecular flexibility index (Phi) is 4.00. The number of piperidine rings is 1. The number of rotatable bonds is 2. The van der Waals surface area contributed by atoms with Crippen LogP contribution >= 0.6 is 0 Å². The summed E-state index contributed by atoms with van der Waals surface area (Å²) in [4.78, 5) is 17.6. The fourth-order valence-corrected chi connectivity index (χ4v) is 5.94. The van der Waals surface area contributed by atoms with Crippen molar-refractivity contribution in [1.82, 2.24) is 4.90 Å². The third-order valence-corrected chi connectivity index (χ3v) is 7.42. The van der Waals surface area contributed by atoms with Crippen LogP contribution < -0.4 is 9.96 Å². The highest BCUT2D eigenvalue weighted by atomic mass is 16.5. The van der Waals surface area contributed by atoms with Gasteiger partial charge in [-0.2, -0.15) is 0 Å². The molecule has 5 nitrogen and oxygen atoms in total. The lowest BCUT2D eigenvalue weighted by Crippen LogP contribution is -3.09. The molecule has 5 heteroatoms. The van der Waals surface area contributed by atoms with Crippen molar-refractivity contribution >= 4 is 22.4 Å². The van der Waals surface area contributed by atoms with Gasteiger partial charge in [0.15, 0.2) is 12.2 Å². The summed E-state index contributed by atoms with van der Waals surface area (Å²) in [5.41, 5.74) is 3.13. The van der Waals surface area contributed by atoms with Gasteiger partial charge in [0.25, 0.3) is 0 Å². The van der Waals surface area contributed by atoms with Crippen LogP contribution in [0.1, 0.15) is 30.0 Å². The molecule has 6 rings (SSSR count). The zero-order valence-corrected chi connectivity index (χ0v) is 16.9. The first-order valence-corrected chi connectivity index (χ1v) is 10.8. The van der Waals surface area contributed by atoms with Gasteiger partial charge in [-0.25, -0.2) is 4.79 Å². The van der Waals surface area contributed by atoms with Crippen LogP contribution in [0.2, 0.25) is 0 Å². The van der Waals surface area contributed by atoms with Crippen LogP contribution in [0.5, 0.6) is 0 Å². The Morgan fingerprint density at radius 2 is 1.67 bits per heavy atom. The average molecular weight is 399 g/mol. The minimum Gasteiger partial charge on any atom is -0.625 e. The molecular formula is C25H25N3O2. The quantitative estimate of drug-likeness (QED) is 0.673. The third kappa shape index (κ3) is 2.49. The standard InChI is InChI=1S/C25H25N3O2/c29-24-25(27(17-28(24)30)20-9-2-1-3-10-20)12-14-26(15-13-25)22-16-19-8-4-6-18-7-5-11-21(22)23(18)19/h1-11,22,28H,12-17H2. The molecule has 2 aliphatic heterocycles. The van der Waals surface area contributed by atoms with Crippen molar-refractivity contribution < 1.29 is 9.86 Å². The van der Waals surface area contributed by atoms with Gasteiger partial charge in [0, 0.05) is 24.8 Å². The molecular weight excluding hydrogens is 374 g/mol. The number of quaternary nitrogens is 1. The van der Waals surface area contributed by atoms with E-state index in [1.165, 1.54) is 21.9 Å². The van der Waals surface area contributed by atoms with Gasteiger partial charge in [-0.15, -0.1) is 0 Å². The van der Waals surface area contributed by atoms with E-state index in [9.17, 15) is 10.0 Å². The molecule has 30 heavy (non-hydrogen) atoms. The summed E-state index contributed by atoms with van der Waals surface area (Å²) in [5, 5.41) is 14.9. The Balaban J connectivity index is 1.29. The van der Waals surface area contributed by atoms with Gasteiger partial charge in [-0.05, 0) is 53.3 Å². The molecule has 1 aliphatic carbocycles. The van der Waals surface area contributed by atoms with Crippen molar-refractivity contribution in [3.05, 3.63) is 83.1 Å². The minimum atomic E-state index is -0.674. The molecule has 3 aliphatic rings. The van der Waals surface area contributed by atoms with Gasteiger partial charge in [0.1, 0.15) is 0 Å². The van der Waals surface area contributed by atoms with E-state index in [0.29, 0.717) is 18.9 Å². The summed E-state index contributed by atoms with van der Waals surface area (Å²) < 4.78 is 0. The molecule has 3 aromatic carbocycles. The fourth-order valence-electron chi connectivity index (χ4n) is 5.94. The lowest BCUT2D eigenvalue weighted by atomic mass is 9.84. The number of benzene rings is 3. The lowest BCUT2D eigenvalue weighted by Gasteiger charge is -2.43. The van der Waals surface area contributed by atoms with E-state index in [1.54, 1.807) is 0 Å². The van der Waals surface area contributed by atoms with Crippen LogP contribution in [0.3, 0.4) is 0 Å². The minimum absolute atomic E-state index is 0.192. The summed E-state index contributed by atoms with van der Waals surface area (Å²) in [5.74, 6) is -0.192. The van der Waals surface area contributed by atoms with Crippen LogP contribution in [0.15, 0.2) is 66.7 Å². The van der Waals surface area contributed by atoms with Crippen molar-refractivity contribution in [2.75, 3.05) is 24.7 Å². The molecule has 0 radical (unpaired) electrons. The van der Waals surface area contributed by atoms with Crippen LogP contribution in [-0.2, 0) is 11.2 Å². The maximum absolute atomic E-state index is 13.0. The monoisotopic (exact) mass is 399 g/mol. The van der Waals surface area contributed by atoms with Crippen molar-refractivity contribution in [1.29, 1.82) is 0 Å². The van der Waals surface area contributed by atoms with Gasteiger partial charge in [0.2, 0.25) is 0 Å². The molecule has 2 saturated heterocycles. The highest BCUT2D eigenvalue weighted by molar-refractivity contribution is 5.91. The summed E-state index contributed by atoms with van der Waals surface area (Å²) in [6.45, 7) is 1.87. The van der Waals surface area contributed by atoms with E-state index in [2.05, 4.69) is 46.2 Å². The Morgan fingerprint density at radius 1 is 0.933 bits per heavy atom. The first-order valence-electron chi connectivity index (χ1n) is 10.8. The molecule has 2 unspecified atom stereocenters. The highest BCUT2D eigenvalue weighted by Crippen LogP contribution is 2.43. The zero-order valence-electron chi connectivity index (χ0n) is 16.9. The number of nitrogens with zero attached hydrogens (tertiary/aromatic N) is 2. The highest BCUT2D eigenvalue weighted by Gasteiger charge is 2.56. The molecule has 152 valence electrons. The number of para-hydroxylation sites is 1. The van der Waals surface area contributed by atoms with E-state index in [4.69, 9.17) is 0 Å². The van der Waals surface area contributed by atoms with Gasteiger partial charge in [0.05, 0.1) is 0 Å². The Bertz CT molecular complexity index is 1120. The fraction of sp³-hybridized carbons (Fsp3) is 0.320. The Hall–Kier alpha value is -2.73. The second-order valence-corrected chi connectivity index (χ2v) is 8.82. The molecule has 2 atom stereocenters. The van der Waals surface area contributed by atoms with Crippen molar-refractivity contribution in [2.24, 2.45) is 0 Å². The SMILES string of the molecule is O=C1[NH+]([O-])CN(c2ccccc2)C12CCN(C1Cc3cccc4cccc1c34)CC2. The van der Waals surface area contributed by atoms with Crippen molar-refractivity contribution in [3.8, 4) is 0 Å². The Labute approximate surface area is 176 Å². The number of carbonyl (C=O) groups excluding carboxylic acids is 1. The second kappa shape index (κ2) is 6.64. The van der Waals surface area contributed by atoms with Crippen LogP contribution in [-0.4, -0.2) is 36.1 Å². The summed E-state index contributed by atoms with van der Waals surface area (Å²) in [6.07, 6.45) is 2.43. The first-order chi connectivity index (χ1) is 14.7. The Morgan fingerprint density at radius 3 is 2.43 bits per heavy atom. The summed E-state index contributed by atoms with van der Waals surface area (Å²) >= 11 is 0. The van der Waals surface area contributed by atoms with Gasteiger partial charge >= 0.3 is 5.91 Å². The molecule has 3 aromatic rings. The van der Waals surface area contributed by atoms with E-state index in [0.717, 1.165) is 25.2 Å². The molecule has 0 aromatic heterocycles. The predicted molar refractivity (Wildman–Crippen MR) is 117 cm³/mol. The van der Waals surface area contributed by atoms with Crippen molar-refractivity contribution in [2.45, 2.75) is 30.8 Å². The van der Waals surface area contributed by atoms with Crippen LogP contribution in [0, 0.1) is 5.21 Å². The van der Waals surface area contributed by atoms with Gasteiger partial charge < -0.3 is 10.1 Å². The number of anilines is 1. The van der Waals surface area contributed by atoms with Gasteiger partial charge in [-0.3, -0.25) is 9.96 Å². The number of nitrogens with one attached hydrogen (secondary N) is 1. The topological polar surface area (TPSA) is 51.1 Å². The molecule has 1 N–H and O–H groups in total. The predicted octanol–water partition coefficient (Wildman–Crippen LogP) is 2.66. The average Bonchev–Trinajstić information content (AvgIpc) is 3.28. The van der Waals surface area contributed by atoms with E-state index in [1.807, 2.05) is 30.3 Å². The van der Waals surface area contributed by atoms with Gasteiger partial charge in [-0.1, -0.05) is 54.6 Å². The molecule has 1 amide bonds. The number of hydrogen-bond donors (Lipinski definition) is 1. The van der Waals surface area contributed by atoms with Crippen molar-refractivity contribution in [3.63, 3.8) is 0 Å². The molecule has 2 heterocycles. The smallest absolute Gasteiger partial charge is 0.339 e. The van der Waals surface area contributed by atoms with E-state index in [-0.39, 0.29) is 17.6 Å². The number of amides is 1. The van der Waals surface area contributed by atoms with E-state index < -0.39 is 5.54 Å².